The Hall–Kier alpha value is -0.860. The van der Waals surface area contributed by atoms with Gasteiger partial charge in [0.05, 0.1) is 0 Å². The number of likely N-dealkylation sites (tertiary alicyclic amines) is 1. The summed E-state index contributed by atoms with van der Waals surface area (Å²) in [4.78, 5) is 2.66. The van der Waals surface area contributed by atoms with Crippen LogP contribution in [0.15, 0.2) is 30.3 Å². The Morgan fingerprint density at radius 2 is 2.06 bits per heavy atom. The van der Waals surface area contributed by atoms with Crippen LogP contribution in [0, 0.1) is 0 Å². The molecule has 1 saturated heterocycles. The van der Waals surface area contributed by atoms with Gasteiger partial charge in [0.25, 0.3) is 0 Å². The van der Waals surface area contributed by atoms with Crippen LogP contribution >= 0.6 is 0 Å². The van der Waals surface area contributed by atoms with Crippen LogP contribution in [0.4, 0.5) is 0 Å². The first kappa shape index (κ1) is 13.6. The minimum absolute atomic E-state index is 0.512. The van der Waals surface area contributed by atoms with Crippen molar-refractivity contribution in [2.45, 2.75) is 51.1 Å². The zero-order chi connectivity index (χ0) is 12.8. The summed E-state index contributed by atoms with van der Waals surface area (Å²) in [5.74, 6) is 0. The lowest BCUT2D eigenvalue weighted by Gasteiger charge is -2.40. The Balaban J connectivity index is 2.03. The molecule has 0 radical (unpaired) electrons. The van der Waals surface area contributed by atoms with E-state index in [9.17, 15) is 0 Å². The number of piperidine rings is 1. The smallest absolute Gasteiger partial charge is 0.0261 e. The third kappa shape index (κ3) is 3.33. The molecule has 1 fully saturated rings. The Labute approximate surface area is 111 Å². The molecular weight excluding hydrogens is 220 g/mol. The van der Waals surface area contributed by atoms with E-state index in [-0.39, 0.29) is 0 Å². The summed E-state index contributed by atoms with van der Waals surface area (Å²) in [6, 6.07) is 12.0. The molecule has 0 spiro atoms. The van der Waals surface area contributed by atoms with E-state index in [1.807, 2.05) is 0 Å². The SMILES string of the molecule is CCC1CCCCN1C(CN)Cc1ccccc1. The average Bonchev–Trinajstić information content (AvgIpc) is 2.46. The molecular formula is C16H26N2. The lowest BCUT2D eigenvalue weighted by atomic mass is 9.95. The van der Waals surface area contributed by atoms with Crippen LogP contribution in [0.1, 0.15) is 38.2 Å². The van der Waals surface area contributed by atoms with Crippen molar-refractivity contribution in [3.8, 4) is 0 Å². The van der Waals surface area contributed by atoms with Crippen LogP contribution in [0.5, 0.6) is 0 Å². The van der Waals surface area contributed by atoms with Crippen LogP contribution in [-0.2, 0) is 6.42 Å². The lowest BCUT2D eigenvalue weighted by Crippen LogP contribution is -2.50. The molecule has 2 nitrogen and oxygen atoms in total. The number of nitrogens with zero attached hydrogens (tertiary/aromatic N) is 1. The second-order valence-corrected chi connectivity index (χ2v) is 5.37. The average molecular weight is 246 g/mol. The maximum absolute atomic E-state index is 6.03. The van der Waals surface area contributed by atoms with Crippen molar-refractivity contribution in [3.05, 3.63) is 35.9 Å². The summed E-state index contributed by atoms with van der Waals surface area (Å²) in [5.41, 5.74) is 7.44. The molecule has 1 aliphatic rings. The minimum Gasteiger partial charge on any atom is -0.329 e. The number of rotatable bonds is 5. The van der Waals surface area contributed by atoms with Gasteiger partial charge in [0.2, 0.25) is 0 Å². The Morgan fingerprint density at radius 3 is 2.72 bits per heavy atom. The van der Waals surface area contributed by atoms with E-state index in [1.165, 1.54) is 37.8 Å². The number of nitrogens with two attached hydrogens (primary N) is 1. The minimum atomic E-state index is 0.512. The van der Waals surface area contributed by atoms with E-state index in [4.69, 9.17) is 5.73 Å². The molecule has 0 saturated carbocycles. The molecule has 1 aliphatic heterocycles. The summed E-state index contributed by atoms with van der Waals surface area (Å²) in [6.45, 7) is 4.30. The van der Waals surface area contributed by atoms with Gasteiger partial charge >= 0.3 is 0 Å². The van der Waals surface area contributed by atoms with Gasteiger partial charge in [-0.2, -0.15) is 0 Å². The van der Waals surface area contributed by atoms with Crippen LogP contribution in [0.3, 0.4) is 0 Å². The van der Waals surface area contributed by atoms with E-state index >= 15 is 0 Å². The van der Waals surface area contributed by atoms with Gasteiger partial charge in [-0.05, 0) is 37.8 Å². The molecule has 2 rings (SSSR count). The Kier molecular flexibility index (Phi) is 5.21. The van der Waals surface area contributed by atoms with Gasteiger partial charge in [-0.3, -0.25) is 4.90 Å². The van der Waals surface area contributed by atoms with Crippen molar-refractivity contribution >= 4 is 0 Å². The van der Waals surface area contributed by atoms with Crippen LogP contribution < -0.4 is 5.73 Å². The fourth-order valence-electron chi connectivity index (χ4n) is 3.16. The predicted molar refractivity (Wildman–Crippen MR) is 77.6 cm³/mol. The van der Waals surface area contributed by atoms with Crippen molar-refractivity contribution < 1.29 is 0 Å². The Morgan fingerprint density at radius 1 is 1.28 bits per heavy atom. The van der Waals surface area contributed by atoms with Crippen molar-refractivity contribution in [3.63, 3.8) is 0 Å². The summed E-state index contributed by atoms with van der Waals surface area (Å²) in [5, 5.41) is 0. The Bertz CT molecular complexity index is 336. The number of benzene rings is 1. The number of hydrogen-bond donors (Lipinski definition) is 1. The zero-order valence-electron chi connectivity index (χ0n) is 11.5. The molecule has 18 heavy (non-hydrogen) atoms. The molecule has 1 aromatic carbocycles. The summed E-state index contributed by atoms with van der Waals surface area (Å²) >= 11 is 0. The monoisotopic (exact) mass is 246 g/mol. The van der Waals surface area contributed by atoms with Crippen LogP contribution in [-0.4, -0.2) is 30.1 Å². The highest BCUT2D eigenvalue weighted by Crippen LogP contribution is 2.23. The van der Waals surface area contributed by atoms with Gasteiger partial charge < -0.3 is 5.73 Å². The molecule has 0 aliphatic carbocycles. The predicted octanol–water partition coefficient (Wildman–Crippen LogP) is 2.82. The molecule has 2 unspecified atom stereocenters. The van der Waals surface area contributed by atoms with Gasteiger partial charge in [0.15, 0.2) is 0 Å². The quantitative estimate of drug-likeness (QED) is 0.865. The lowest BCUT2D eigenvalue weighted by molar-refractivity contribution is 0.0948. The van der Waals surface area contributed by atoms with E-state index in [0.29, 0.717) is 6.04 Å². The van der Waals surface area contributed by atoms with Crippen LogP contribution in [0.25, 0.3) is 0 Å². The fourth-order valence-corrected chi connectivity index (χ4v) is 3.16. The van der Waals surface area contributed by atoms with Gasteiger partial charge in [0.1, 0.15) is 0 Å². The molecule has 0 amide bonds. The maximum atomic E-state index is 6.03. The van der Waals surface area contributed by atoms with E-state index in [2.05, 4.69) is 42.2 Å². The number of hydrogen-bond acceptors (Lipinski definition) is 2. The molecule has 1 aromatic rings. The third-order valence-electron chi connectivity index (χ3n) is 4.20. The second kappa shape index (κ2) is 6.91. The first-order chi connectivity index (χ1) is 8.85. The van der Waals surface area contributed by atoms with Crippen molar-refractivity contribution in [2.75, 3.05) is 13.1 Å². The van der Waals surface area contributed by atoms with E-state index in [1.54, 1.807) is 0 Å². The summed E-state index contributed by atoms with van der Waals surface area (Å²) in [7, 11) is 0. The standard InChI is InChI=1S/C16H26N2/c1-2-15-10-6-7-11-18(15)16(13-17)12-14-8-4-3-5-9-14/h3-5,8-9,15-16H,2,6-7,10-13,17H2,1H3. The van der Waals surface area contributed by atoms with Gasteiger partial charge in [0, 0.05) is 18.6 Å². The first-order valence-electron chi connectivity index (χ1n) is 7.35. The highest BCUT2D eigenvalue weighted by molar-refractivity contribution is 5.16. The van der Waals surface area contributed by atoms with Crippen molar-refractivity contribution in [2.24, 2.45) is 5.73 Å². The molecule has 100 valence electrons. The molecule has 0 aromatic heterocycles. The van der Waals surface area contributed by atoms with E-state index < -0.39 is 0 Å². The maximum Gasteiger partial charge on any atom is 0.0261 e. The van der Waals surface area contributed by atoms with Gasteiger partial charge in [-0.1, -0.05) is 43.7 Å². The largest absolute Gasteiger partial charge is 0.329 e. The second-order valence-electron chi connectivity index (χ2n) is 5.37. The third-order valence-corrected chi connectivity index (χ3v) is 4.20. The van der Waals surface area contributed by atoms with Gasteiger partial charge in [-0.15, -0.1) is 0 Å². The molecule has 2 heteroatoms. The molecule has 1 heterocycles. The molecule has 2 atom stereocenters. The van der Waals surface area contributed by atoms with Crippen molar-refractivity contribution in [1.29, 1.82) is 0 Å². The molecule has 0 bridgehead atoms. The summed E-state index contributed by atoms with van der Waals surface area (Å²) < 4.78 is 0. The van der Waals surface area contributed by atoms with Crippen molar-refractivity contribution in [1.82, 2.24) is 4.90 Å². The fraction of sp³-hybridized carbons (Fsp3) is 0.625. The summed E-state index contributed by atoms with van der Waals surface area (Å²) in [6.07, 6.45) is 6.42. The molecule has 2 N–H and O–H groups in total. The first-order valence-corrected chi connectivity index (χ1v) is 7.35. The zero-order valence-corrected chi connectivity index (χ0v) is 11.5. The topological polar surface area (TPSA) is 29.3 Å². The van der Waals surface area contributed by atoms with E-state index in [0.717, 1.165) is 19.0 Å². The highest BCUT2D eigenvalue weighted by Gasteiger charge is 2.26. The van der Waals surface area contributed by atoms with Crippen LogP contribution in [0.2, 0.25) is 0 Å². The normalized spacial score (nSPS) is 22.9. The highest BCUT2D eigenvalue weighted by atomic mass is 15.2. The van der Waals surface area contributed by atoms with Gasteiger partial charge in [-0.25, -0.2) is 0 Å².